The molecule has 0 aliphatic carbocycles. The SMILES string of the molecule is CCCCCCCCCOc1ccnc(C)c1C. The molecule has 18 heavy (non-hydrogen) atoms. The fourth-order valence-corrected chi connectivity index (χ4v) is 2.01. The quantitative estimate of drug-likeness (QED) is 0.585. The Morgan fingerprint density at radius 3 is 2.39 bits per heavy atom. The van der Waals surface area contributed by atoms with Gasteiger partial charge in [0.05, 0.1) is 6.61 Å². The van der Waals surface area contributed by atoms with Crippen LogP contribution in [0.4, 0.5) is 0 Å². The molecule has 0 radical (unpaired) electrons. The van der Waals surface area contributed by atoms with Crippen LogP contribution in [0.5, 0.6) is 5.75 Å². The molecular weight excluding hydrogens is 222 g/mol. The first-order valence-corrected chi connectivity index (χ1v) is 7.30. The van der Waals surface area contributed by atoms with Crippen LogP contribution in [0.3, 0.4) is 0 Å². The van der Waals surface area contributed by atoms with Crippen molar-refractivity contribution in [2.45, 2.75) is 65.7 Å². The van der Waals surface area contributed by atoms with E-state index in [0.29, 0.717) is 0 Å². The second-order valence-corrected chi connectivity index (χ2v) is 4.99. The van der Waals surface area contributed by atoms with E-state index in [1.165, 1.54) is 44.1 Å². The fourth-order valence-electron chi connectivity index (χ4n) is 2.01. The highest BCUT2D eigenvalue weighted by Crippen LogP contribution is 2.19. The molecule has 0 aromatic carbocycles. The summed E-state index contributed by atoms with van der Waals surface area (Å²) >= 11 is 0. The van der Waals surface area contributed by atoms with Crippen molar-refractivity contribution in [3.63, 3.8) is 0 Å². The molecule has 102 valence electrons. The molecule has 0 saturated heterocycles. The highest BCUT2D eigenvalue weighted by molar-refractivity contribution is 5.33. The lowest BCUT2D eigenvalue weighted by Crippen LogP contribution is -2.00. The highest BCUT2D eigenvalue weighted by atomic mass is 16.5. The van der Waals surface area contributed by atoms with E-state index in [9.17, 15) is 0 Å². The fraction of sp³-hybridized carbons (Fsp3) is 0.688. The number of unbranched alkanes of at least 4 members (excludes halogenated alkanes) is 6. The van der Waals surface area contributed by atoms with Crippen LogP contribution < -0.4 is 4.74 Å². The van der Waals surface area contributed by atoms with Gasteiger partial charge >= 0.3 is 0 Å². The minimum Gasteiger partial charge on any atom is -0.493 e. The van der Waals surface area contributed by atoms with E-state index < -0.39 is 0 Å². The Labute approximate surface area is 112 Å². The summed E-state index contributed by atoms with van der Waals surface area (Å²) in [7, 11) is 0. The topological polar surface area (TPSA) is 22.1 Å². The average Bonchev–Trinajstić information content (AvgIpc) is 2.37. The zero-order valence-corrected chi connectivity index (χ0v) is 12.2. The first-order valence-electron chi connectivity index (χ1n) is 7.30. The van der Waals surface area contributed by atoms with Crippen LogP contribution >= 0.6 is 0 Å². The highest BCUT2D eigenvalue weighted by Gasteiger charge is 2.02. The van der Waals surface area contributed by atoms with Gasteiger partial charge in [0.2, 0.25) is 0 Å². The van der Waals surface area contributed by atoms with Gasteiger partial charge in [0.25, 0.3) is 0 Å². The third-order valence-electron chi connectivity index (χ3n) is 3.41. The monoisotopic (exact) mass is 249 g/mol. The summed E-state index contributed by atoms with van der Waals surface area (Å²) in [5.41, 5.74) is 2.23. The zero-order valence-electron chi connectivity index (χ0n) is 12.2. The molecule has 0 unspecified atom stereocenters. The molecule has 1 aromatic heterocycles. The van der Waals surface area contributed by atoms with Gasteiger partial charge in [0.15, 0.2) is 0 Å². The second-order valence-electron chi connectivity index (χ2n) is 4.99. The summed E-state index contributed by atoms with van der Waals surface area (Å²) in [5, 5.41) is 0. The van der Waals surface area contributed by atoms with Crippen molar-refractivity contribution < 1.29 is 4.74 Å². The molecular formula is C16H27NO. The molecule has 0 aliphatic rings. The molecule has 0 atom stereocenters. The molecule has 0 N–H and O–H groups in total. The van der Waals surface area contributed by atoms with Crippen molar-refractivity contribution in [1.82, 2.24) is 4.98 Å². The van der Waals surface area contributed by atoms with Gasteiger partial charge in [-0.05, 0) is 26.3 Å². The van der Waals surface area contributed by atoms with Crippen LogP contribution in [0.2, 0.25) is 0 Å². The summed E-state index contributed by atoms with van der Waals surface area (Å²) in [6, 6.07) is 1.96. The van der Waals surface area contributed by atoms with E-state index in [2.05, 4.69) is 18.8 Å². The predicted molar refractivity (Wildman–Crippen MR) is 77.2 cm³/mol. The summed E-state index contributed by atoms with van der Waals surface area (Å²) in [6.07, 6.45) is 11.1. The van der Waals surface area contributed by atoms with Gasteiger partial charge in [-0.1, -0.05) is 45.4 Å². The predicted octanol–water partition coefficient (Wildman–Crippen LogP) is 4.83. The van der Waals surface area contributed by atoms with Gasteiger partial charge in [-0.25, -0.2) is 0 Å². The Kier molecular flexibility index (Phi) is 7.47. The molecule has 0 saturated carbocycles. The van der Waals surface area contributed by atoms with Gasteiger partial charge in [-0.2, -0.15) is 0 Å². The molecule has 0 fully saturated rings. The lowest BCUT2D eigenvalue weighted by atomic mass is 10.1. The van der Waals surface area contributed by atoms with Gasteiger partial charge in [-0.3, -0.25) is 4.98 Å². The van der Waals surface area contributed by atoms with Crippen LogP contribution in [-0.2, 0) is 0 Å². The normalized spacial score (nSPS) is 10.6. The van der Waals surface area contributed by atoms with Gasteiger partial charge in [-0.15, -0.1) is 0 Å². The van der Waals surface area contributed by atoms with Crippen LogP contribution in [0.1, 0.15) is 63.1 Å². The third-order valence-corrected chi connectivity index (χ3v) is 3.41. The number of aromatic nitrogens is 1. The number of rotatable bonds is 9. The Morgan fingerprint density at radius 2 is 1.67 bits per heavy atom. The minimum atomic E-state index is 0.831. The van der Waals surface area contributed by atoms with Crippen LogP contribution in [0.25, 0.3) is 0 Å². The van der Waals surface area contributed by atoms with Crippen LogP contribution in [0.15, 0.2) is 12.3 Å². The average molecular weight is 249 g/mol. The van der Waals surface area contributed by atoms with E-state index in [-0.39, 0.29) is 0 Å². The summed E-state index contributed by atoms with van der Waals surface area (Å²) in [5.74, 6) is 0.994. The van der Waals surface area contributed by atoms with Crippen molar-refractivity contribution in [3.8, 4) is 5.75 Å². The molecule has 2 heteroatoms. The number of pyridine rings is 1. The van der Waals surface area contributed by atoms with Gasteiger partial charge in [0, 0.05) is 17.5 Å². The third kappa shape index (κ3) is 5.52. The molecule has 0 amide bonds. The molecule has 2 nitrogen and oxygen atoms in total. The number of hydrogen-bond acceptors (Lipinski definition) is 2. The number of hydrogen-bond donors (Lipinski definition) is 0. The number of nitrogens with zero attached hydrogens (tertiary/aromatic N) is 1. The molecule has 1 aromatic rings. The zero-order chi connectivity index (χ0) is 13.2. The lowest BCUT2D eigenvalue weighted by molar-refractivity contribution is 0.302. The largest absolute Gasteiger partial charge is 0.493 e. The van der Waals surface area contributed by atoms with E-state index in [0.717, 1.165) is 24.5 Å². The van der Waals surface area contributed by atoms with Gasteiger partial charge < -0.3 is 4.74 Å². The summed E-state index contributed by atoms with van der Waals surface area (Å²) < 4.78 is 5.81. The first kappa shape index (κ1) is 15.0. The van der Waals surface area contributed by atoms with Crippen molar-refractivity contribution in [2.75, 3.05) is 6.61 Å². The van der Waals surface area contributed by atoms with Crippen molar-refractivity contribution in [2.24, 2.45) is 0 Å². The first-order chi connectivity index (χ1) is 8.75. The van der Waals surface area contributed by atoms with E-state index in [1.54, 1.807) is 0 Å². The minimum absolute atomic E-state index is 0.831. The molecule has 0 aliphatic heterocycles. The molecule has 0 bridgehead atoms. The lowest BCUT2D eigenvalue weighted by Gasteiger charge is -2.10. The summed E-state index contributed by atoms with van der Waals surface area (Å²) in [6.45, 7) is 7.18. The van der Waals surface area contributed by atoms with Crippen LogP contribution in [-0.4, -0.2) is 11.6 Å². The number of ether oxygens (including phenoxy) is 1. The molecule has 0 spiro atoms. The smallest absolute Gasteiger partial charge is 0.125 e. The van der Waals surface area contributed by atoms with E-state index in [4.69, 9.17) is 4.74 Å². The van der Waals surface area contributed by atoms with Gasteiger partial charge in [0.1, 0.15) is 5.75 Å². The van der Waals surface area contributed by atoms with E-state index in [1.807, 2.05) is 19.2 Å². The number of aryl methyl sites for hydroxylation is 1. The Bertz CT molecular complexity index is 336. The second kappa shape index (κ2) is 8.96. The van der Waals surface area contributed by atoms with Crippen molar-refractivity contribution >= 4 is 0 Å². The summed E-state index contributed by atoms with van der Waals surface area (Å²) in [4.78, 5) is 4.25. The Morgan fingerprint density at radius 1 is 1.00 bits per heavy atom. The van der Waals surface area contributed by atoms with Crippen molar-refractivity contribution in [1.29, 1.82) is 0 Å². The maximum atomic E-state index is 5.81. The maximum absolute atomic E-state index is 5.81. The Hall–Kier alpha value is -1.05. The van der Waals surface area contributed by atoms with Crippen LogP contribution in [0, 0.1) is 13.8 Å². The molecule has 1 rings (SSSR count). The molecule has 1 heterocycles. The maximum Gasteiger partial charge on any atom is 0.125 e. The van der Waals surface area contributed by atoms with Crippen molar-refractivity contribution in [3.05, 3.63) is 23.5 Å². The van der Waals surface area contributed by atoms with E-state index >= 15 is 0 Å². The Balaban J connectivity index is 2.09. The standard InChI is InChI=1S/C16H27NO/c1-4-5-6-7-8-9-10-13-18-16-11-12-17-15(3)14(16)2/h11-12H,4-10,13H2,1-3H3.